The second-order valence-corrected chi connectivity index (χ2v) is 36.3. The second kappa shape index (κ2) is 44.7. The van der Waals surface area contributed by atoms with Crippen molar-refractivity contribution in [3.05, 3.63) is 176 Å². The lowest BCUT2D eigenvalue weighted by Gasteiger charge is -2.47. The molecule has 0 aromatic heterocycles. The number of aliphatic hydroxyl groups is 8. The zero-order valence-corrected chi connectivity index (χ0v) is 77.4. The van der Waals surface area contributed by atoms with Crippen molar-refractivity contribution in [1.82, 2.24) is 52.8 Å². The molecule has 7 aromatic carbocycles. The number of carbonyl (C=O) groups excluding carboxylic acids is 8. The summed E-state index contributed by atoms with van der Waals surface area (Å²) in [6, 6.07) is 9.16. The number of morpholine rings is 1. The van der Waals surface area contributed by atoms with Crippen LogP contribution in [0.15, 0.2) is 127 Å². The van der Waals surface area contributed by atoms with Gasteiger partial charge in [0.2, 0.25) is 53.4 Å². The van der Waals surface area contributed by atoms with Crippen LogP contribution in [0.2, 0.25) is 10.0 Å². The molecule has 9 heterocycles. The van der Waals surface area contributed by atoms with E-state index in [2.05, 4.69) is 62.8 Å². The van der Waals surface area contributed by atoms with Crippen molar-refractivity contribution in [3.63, 3.8) is 0 Å². The number of alkyl halides is 3. The fourth-order valence-corrected chi connectivity index (χ4v) is 18.1. The van der Waals surface area contributed by atoms with Gasteiger partial charge < -0.3 is 168 Å². The molecule has 8 amide bonds. The number of aliphatic carboxylic acids is 1. The van der Waals surface area contributed by atoms with Crippen LogP contribution in [0.5, 0.6) is 51.7 Å². The molecule has 0 spiro atoms. The summed E-state index contributed by atoms with van der Waals surface area (Å²) in [5.74, 6) is -18.5. The maximum Gasteiger partial charge on any atom is 0.573 e. The third-order valence-corrected chi connectivity index (χ3v) is 25.5. The lowest BCUT2D eigenvalue weighted by atomic mass is 9.85. The van der Waals surface area contributed by atoms with E-state index in [4.69, 9.17) is 71.6 Å². The maximum absolute atomic E-state index is 16.6. The largest absolute Gasteiger partial charge is 0.573 e. The molecule has 0 aliphatic carbocycles. The number of nitrogens with zero attached hydrogens (tertiary/aromatic N) is 1. The number of ether oxygens (including phenoxy) is 10. The molecule has 48 heteroatoms. The summed E-state index contributed by atoms with van der Waals surface area (Å²) in [5.41, 5.74) is 1.95. The van der Waals surface area contributed by atoms with Crippen molar-refractivity contribution in [2.45, 2.75) is 200 Å². The van der Waals surface area contributed by atoms with E-state index in [1.165, 1.54) is 56.4 Å². The van der Waals surface area contributed by atoms with Gasteiger partial charge in [-0.05, 0) is 146 Å². The molecule has 0 saturated carbocycles. The van der Waals surface area contributed by atoms with Gasteiger partial charge >= 0.3 is 12.3 Å². The topological polar surface area (TPSA) is 638 Å². The molecule has 4 saturated heterocycles. The Morgan fingerprint density at radius 2 is 1.33 bits per heavy atom. The Kier molecular flexibility index (Phi) is 33.2. The number of aliphatic hydroxyl groups excluding tert-OH is 8. The predicted octanol–water partition coefficient (Wildman–Crippen LogP) is 1.84. The van der Waals surface area contributed by atoms with E-state index in [0.29, 0.717) is 38.4 Å². The molecule has 24 N–H and O–H groups in total. The molecule has 11 bridgehead atoms. The first kappa shape index (κ1) is 105. The Morgan fingerprint density at radius 1 is 0.674 bits per heavy atom. The number of phenolic OH excluding ortho intramolecular Hbond substituents is 3. The Bertz CT molecular complexity index is 5800. The monoisotopic (exact) mass is 2010 g/mol. The Hall–Kier alpha value is -12.0. The van der Waals surface area contributed by atoms with Crippen LogP contribution in [0, 0.1) is 5.92 Å². The zero-order chi connectivity index (χ0) is 102. The number of halogens is 5. The number of hydrogen-bond donors (Lipinski definition) is 23. The second-order valence-electron chi connectivity index (χ2n) is 35.5. The van der Waals surface area contributed by atoms with Crippen LogP contribution in [0.3, 0.4) is 0 Å². The predicted molar refractivity (Wildman–Crippen MR) is 485 cm³/mol. The van der Waals surface area contributed by atoms with Crippen LogP contribution < -0.4 is 77.8 Å². The standard InChI is InChI=1S/C93H107Cl2F3N12O31/c1-39(2)24-54(100-5)83(124)108-70-72(116)43-13-16-58(52(94)28-43)134-60-30-46-31-61(79(60)139-91-77(121)75(119)80(63(38-111)137-91)140-90-76(120)74(118)73(117)62(136-90)37-101-36-41-8-6-10-47(25-41)103-82(123)45-9-7-11-49(26-45)141-93(96,97)98)135-59-17-14-44(29-53(59)95)78(138-65-35-92(4,81(122)40(3)133-65)102-18-19-110-20-22-132-23-21-110)71-88(129)107-69(89(130)131)51-32-48(112)33-57(114)66(51)50-27-42(12-15-56(50)113)67(85(126)109-71)106-86(127)68(46)105-84(125)55(34-64(99)115)104-87(70)128/h6-17,25-33,39-40,54-55,62-63,65,67-78,80-81,90-91,100-102,111-114,116-122H,18-24,34-38H2,1-5H3,(H2,99,115)(H,103,123)(H,104,128)(H,105,125)(H,106,127)(H,107,129)(H,108,124)(H,109,126)(H,130,131)/t40-,54+,55-,62+,63+,65?,67+,68+,69+,70?,71-,72+,73-,74-,75+,76+,77+,78+,80+,81-,90-,91-,92-/m0/s1. The lowest BCUT2D eigenvalue weighted by molar-refractivity contribution is -0.350. The highest BCUT2D eigenvalue weighted by molar-refractivity contribution is 6.32. The van der Waals surface area contributed by atoms with E-state index >= 15 is 24.0 Å². The summed E-state index contributed by atoms with van der Waals surface area (Å²) in [7, 11) is 1.45. The molecule has 9 aliphatic heterocycles. The summed E-state index contributed by atoms with van der Waals surface area (Å²) in [6.45, 7) is 8.10. The molecule has 23 atom stereocenters. The maximum atomic E-state index is 16.6. The number of carboxylic acid groups (broad SMARTS) is 1. The van der Waals surface area contributed by atoms with E-state index in [9.17, 15) is 93.6 Å². The minimum absolute atomic E-state index is 0.0568. The van der Waals surface area contributed by atoms with E-state index in [1.54, 1.807) is 26.8 Å². The number of nitrogens with one attached hydrogen (secondary N) is 10. The Balaban J connectivity index is 0.884. The highest BCUT2D eigenvalue weighted by atomic mass is 35.5. The van der Waals surface area contributed by atoms with Gasteiger partial charge in [0.05, 0.1) is 54.5 Å². The van der Waals surface area contributed by atoms with Crippen LogP contribution in [-0.4, -0.2) is 295 Å². The van der Waals surface area contributed by atoms with E-state index < -0.39 is 302 Å². The molecular formula is C93H107Cl2F3N12O31. The number of carboxylic acids is 1. The minimum Gasteiger partial charge on any atom is -0.508 e. The average Bonchev–Trinajstić information content (AvgIpc) is 0.754. The minimum atomic E-state index is -5.04. The number of amides is 8. The van der Waals surface area contributed by atoms with Crippen LogP contribution in [0.1, 0.15) is 121 Å². The average molecular weight is 2020 g/mol. The summed E-state index contributed by atoms with van der Waals surface area (Å²) < 4.78 is 100. The highest BCUT2D eigenvalue weighted by Crippen LogP contribution is 2.51. The third-order valence-electron chi connectivity index (χ3n) is 24.9. The first-order chi connectivity index (χ1) is 66.9. The summed E-state index contributed by atoms with van der Waals surface area (Å²) >= 11 is 14.6. The quantitative estimate of drug-likeness (QED) is 0.0368. The summed E-state index contributed by atoms with van der Waals surface area (Å²) in [6.07, 6.45) is -35.1. The van der Waals surface area contributed by atoms with Crippen molar-refractivity contribution in [1.29, 1.82) is 0 Å². The zero-order valence-electron chi connectivity index (χ0n) is 75.9. The first-order valence-corrected chi connectivity index (χ1v) is 45.6. The van der Waals surface area contributed by atoms with Crippen molar-refractivity contribution in [2.75, 3.05) is 64.9 Å². The number of benzene rings is 7. The number of likely N-dealkylation sites (N-methyl/N-ethyl adjacent to an activating group) is 1. The van der Waals surface area contributed by atoms with Gasteiger partial charge in [-0.15, -0.1) is 13.2 Å². The Labute approximate surface area is 811 Å². The summed E-state index contributed by atoms with van der Waals surface area (Å²) in [5, 5.41) is 167. The molecule has 4 fully saturated rings. The van der Waals surface area contributed by atoms with Crippen molar-refractivity contribution < 1.29 is 165 Å². The smallest absolute Gasteiger partial charge is 0.508 e. The summed E-state index contributed by atoms with van der Waals surface area (Å²) in [4.78, 5) is 137. The van der Waals surface area contributed by atoms with Crippen LogP contribution in [-0.2, 0) is 73.3 Å². The van der Waals surface area contributed by atoms with E-state index in [1.807, 2.05) is 0 Å². The molecule has 7 aromatic rings. The molecule has 16 rings (SSSR count). The first-order valence-electron chi connectivity index (χ1n) is 44.8. The van der Waals surface area contributed by atoms with E-state index in [-0.39, 0.29) is 60.8 Å². The number of phenols is 3. The number of hydrogen-bond acceptors (Lipinski definition) is 34. The lowest BCUT2D eigenvalue weighted by Crippen LogP contribution is -2.65. The SMILES string of the molecule is CN[C@H](CC(C)C)C(=O)NC1C(=O)N[C@@H](CC(N)=O)C(=O)N[C@H]2C(=O)N[C@H]3C(=O)N[C@H](C(=O)N[C@@H](C(=O)O)c4cc(O)cc(O)c4-c4cc3ccc4O)[C@H](OC3C[C@](C)(NCCN4CCOCC4)[C@@H](O)[C@H](C)O3)c3ccc(c(Cl)c3)Oc3cc2cc(c3O[C@@H]2O[C@H](CO)[C@@H](O[C@@H]3O[C@H](CNCc4cccc(NC(=O)c5cccc(OC(F)(F)F)c5)c4)[C@H](O)[C@H](O)[C@H]3O)[C@H](O)[C@H]2O)Oc2ccc(cc2Cl)[C@H]1O. The molecule has 141 heavy (non-hydrogen) atoms. The van der Waals surface area contributed by atoms with Gasteiger partial charge in [0.25, 0.3) is 5.91 Å². The van der Waals surface area contributed by atoms with Crippen LogP contribution >= 0.6 is 23.2 Å². The Morgan fingerprint density at radius 3 is 1.99 bits per heavy atom. The number of rotatable bonds is 26. The van der Waals surface area contributed by atoms with Gasteiger partial charge in [0.1, 0.15) is 126 Å². The van der Waals surface area contributed by atoms with E-state index in [0.717, 1.165) is 78.9 Å². The number of aromatic hydroxyl groups is 3. The van der Waals surface area contributed by atoms with Crippen LogP contribution in [0.4, 0.5) is 18.9 Å². The van der Waals surface area contributed by atoms with Gasteiger partial charge in [0, 0.05) is 85.2 Å². The molecule has 2 unspecified atom stereocenters. The fraction of sp³-hybridized carbons (Fsp3) is 0.452. The number of primary amides is 1. The van der Waals surface area contributed by atoms with Gasteiger partial charge in [0.15, 0.2) is 30.1 Å². The number of nitrogens with two attached hydrogens (primary N) is 1. The number of fused-ring (bicyclic) bond motifs is 15. The third kappa shape index (κ3) is 24.5. The van der Waals surface area contributed by atoms with Gasteiger partial charge in [-0.1, -0.05) is 73.4 Å². The van der Waals surface area contributed by atoms with Gasteiger partial charge in [-0.25, -0.2) is 4.79 Å². The van der Waals surface area contributed by atoms with Crippen molar-refractivity contribution in [2.24, 2.45) is 11.7 Å². The molecule has 43 nitrogen and oxygen atoms in total. The van der Waals surface area contributed by atoms with Crippen molar-refractivity contribution >= 4 is 82.1 Å². The number of carbonyl (C=O) groups is 9. The van der Waals surface area contributed by atoms with Crippen molar-refractivity contribution in [3.8, 4) is 62.9 Å². The fourth-order valence-electron chi connectivity index (χ4n) is 17.6. The van der Waals surface area contributed by atoms with Gasteiger partial charge in [-0.3, -0.25) is 43.3 Å². The van der Waals surface area contributed by atoms with Gasteiger partial charge in [-0.2, -0.15) is 0 Å². The normalized spacial score (nSPS) is 28.6. The molecule has 9 aliphatic rings. The number of anilines is 1. The van der Waals surface area contributed by atoms with Crippen LogP contribution in [0.25, 0.3) is 11.1 Å². The molecule has 760 valence electrons. The highest BCUT2D eigenvalue weighted by Gasteiger charge is 2.54. The molecule has 0 radical (unpaired) electrons. The molecular weight excluding hydrogens is 1910 g/mol.